The topological polar surface area (TPSA) is 87.6 Å². The number of carbonyl (C=O) groups excluding carboxylic acids is 1. The van der Waals surface area contributed by atoms with Crippen LogP contribution >= 0.6 is 0 Å². The summed E-state index contributed by atoms with van der Waals surface area (Å²) in [5.74, 6) is -1.62. The third-order valence-electron chi connectivity index (χ3n) is 4.86. The van der Waals surface area contributed by atoms with E-state index in [0.717, 1.165) is 24.6 Å². The Morgan fingerprint density at radius 1 is 1.20 bits per heavy atom. The van der Waals surface area contributed by atoms with Crippen molar-refractivity contribution in [3.63, 3.8) is 0 Å². The van der Waals surface area contributed by atoms with E-state index in [4.69, 9.17) is 0 Å². The van der Waals surface area contributed by atoms with Gasteiger partial charge in [-0.05, 0) is 43.7 Å². The molecule has 1 amide bonds. The van der Waals surface area contributed by atoms with Gasteiger partial charge in [-0.25, -0.2) is 17.2 Å². The SMILES string of the molecule is CCCCC(N=C1NS(=O)(=O)c2ccccc21)C(=O)NC(C)c1cc(F)ccc1F. The van der Waals surface area contributed by atoms with Gasteiger partial charge in [0.2, 0.25) is 5.91 Å². The third-order valence-corrected chi connectivity index (χ3v) is 6.26. The molecule has 1 aliphatic rings. The number of hydrogen-bond donors (Lipinski definition) is 2. The minimum absolute atomic E-state index is 0.0251. The molecule has 30 heavy (non-hydrogen) atoms. The molecule has 6 nitrogen and oxygen atoms in total. The number of rotatable bonds is 7. The summed E-state index contributed by atoms with van der Waals surface area (Å²) < 4.78 is 54.5. The van der Waals surface area contributed by atoms with Crippen molar-refractivity contribution in [2.24, 2.45) is 4.99 Å². The van der Waals surface area contributed by atoms with Crippen LogP contribution in [0.2, 0.25) is 0 Å². The number of aliphatic imine (C=N–C) groups is 1. The van der Waals surface area contributed by atoms with Crippen molar-refractivity contribution in [2.45, 2.75) is 50.1 Å². The summed E-state index contributed by atoms with van der Waals surface area (Å²) in [6, 6.07) is 7.76. The van der Waals surface area contributed by atoms with E-state index in [9.17, 15) is 22.0 Å². The van der Waals surface area contributed by atoms with Crippen LogP contribution in [0, 0.1) is 11.6 Å². The smallest absolute Gasteiger partial charge is 0.263 e. The summed E-state index contributed by atoms with van der Waals surface area (Å²) >= 11 is 0. The minimum Gasteiger partial charge on any atom is -0.348 e. The molecule has 160 valence electrons. The van der Waals surface area contributed by atoms with Crippen LogP contribution in [-0.4, -0.2) is 26.2 Å². The van der Waals surface area contributed by atoms with Crippen molar-refractivity contribution in [1.82, 2.24) is 10.0 Å². The van der Waals surface area contributed by atoms with Crippen LogP contribution in [0.3, 0.4) is 0 Å². The highest BCUT2D eigenvalue weighted by atomic mass is 32.2. The van der Waals surface area contributed by atoms with Gasteiger partial charge in [0.15, 0.2) is 0 Å². The molecule has 0 aromatic heterocycles. The Bertz CT molecular complexity index is 1090. The number of carbonyl (C=O) groups is 1. The number of halogens is 2. The molecule has 1 aliphatic heterocycles. The van der Waals surface area contributed by atoms with E-state index in [1.165, 1.54) is 6.07 Å². The van der Waals surface area contributed by atoms with Gasteiger partial charge < -0.3 is 5.32 Å². The first-order valence-electron chi connectivity index (χ1n) is 9.68. The molecule has 0 spiro atoms. The van der Waals surface area contributed by atoms with Crippen LogP contribution in [0.1, 0.15) is 50.3 Å². The summed E-state index contributed by atoms with van der Waals surface area (Å²) in [5.41, 5.74) is 0.424. The summed E-state index contributed by atoms with van der Waals surface area (Å²) in [5, 5.41) is 2.66. The molecule has 3 rings (SSSR count). The number of benzene rings is 2. The first kappa shape index (κ1) is 21.9. The lowest BCUT2D eigenvalue weighted by Gasteiger charge is -2.19. The van der Waals surface area contributed by atoms with E-state index in [0.29, 0.717) is 18.4 Å². The first-order valence-corrected chi connectivity index (χ1v) is 11.2. The van der Waals surface area contributed by atoms with Crippen molar-refractivity contribution >= 4 is 21.8 Å². The van der Waals surface area contributed by atoms with E-state index in [-0.39, 0.29) is 16.3 Å². The van der Waals surface area contributed by atoms with E-state index < -0.39 is 39.6 Å². The van der Waals surface area contributed by atoms with Crippen molar-refractivity contribution in [3.05, 3.63) is 65.2 Å². The van der Waals surface area contributed by atoms with Gasteiger partial charge in [0, 0.05) is 11.1 Å². The van der Waals surface area contributed by atoms with Gasteiger partial charge in [0.05, 0.1) is 10.9 Å². The van der Waals surface area contributed by atoms with Crippen LogP contribution in [0.25, 0.3) is 0 Å². The molecule has 2 unspecified atom stereocenters. The molecule has 1 heterocycles. The number of nitrogens with one attached hydrogen (secondary N) is 2. The predicted molar refractivity (Wildman–Crippen MR) is 110 cm³/mol. The van der Waals surface area contributed by atoms with Crippen LogP contribution in [0.5, 0.6) is 0 Å². The molecule has 0 aliphatic carbocycles. The van der Waals surface area contributed by atoms with Crippen LogP contribution in [0.15, 0.2) is 52.4 Å². The summed E-state index contributed by atoms with van der Waals surface area (Å²) in [6.45, 7) is 3.51. The highest BCUT2D eigenvalue weighted by Crippen LogP contribution is 2.24. The maximum atomic E-state index is 14.0. The number of amides is 1. The van der Waals surface area contributed by atoms with Crippen molar-refractivity contribution < 1.29 is 22.0 Å². The fourth-order valence-corrected chi connectivity index (χ4v) is 4.51. The molecular formula is C21H23F2N3O3S. The highest BCUT2D eigenvalue weighted by molar-refractivity contribution is 7.90. The molecule has 2 aromatic carbocycles. The van der Waals surface area contributed by atoms with Crippen molar-refractivity contribution in [3.8, 4) is 0 Å². The fraction of sp³-hybridized carbons (Fsp3) is 0.333. The van der Waals surface area contributed by atoms with Gasteiger partial charge in [-0.1, -0.05) is 31.9 Å². The molecule has 2 N–H and O–H groups in total. The zero-order valence-electron chi connectivity index (χ0n) is 16.7. The van der Waals surface area contributed by atoms with Gasteiger partial charge >= 0.3 is 0 Å². The van der Waals surface area contributed by atoms with E-state index in [1.807, 2.05) is 6.92 Å². The number of unbranched alkanes of at least 4 members (excludes halogenated alkanes) is 1. The second-order valence-electron chi connectivity index (χ2n) is 7.13. The second kappa shape index (κ2) is 8.91. The monoisotopic (exact) mass is 435 g/mol. The Labute approximate surface area is 174 Å². The van der Waals surface area contributed by atoms with Gasteiger partial charge in [0.25, 0.3) is 10.0 Å². The second-order valence-corrected chi connectivity index (χ2v) is 8.78. The lowest BCUT2D eigenvalue weighted by Crippen LogP contribution is -2.37. The maximum absolute atomic E-state index is 14.0. The lowest BCUT2D eigenvalue weighted by molar-refractivity contribution is -0.123. The number of fused-ring (bicyclic) bond motifs is 1. The largest absolute Gasteiger partial charge is 0.348 e. The Morgan fingerprint density at radius 3 is 2.67 bits per heavy atom. The van der Waals surface area contributed by atoms with E-state index in [1.54, 1.807) is 25.1 Å². The molecule has 2 aromatic rings. The molecule has 0 radical (unpaired) electrons. The first-order chi connectivity index (χ1) is 14.2. The van der Waals surface area contributed by atoms with Crippen LogP contribution < -0.4 is 10.0 Å². The number of sulfonamides is 1. The molecule has 0 fully saturated rings. The Hall–Kier alpha value is -2.81. The normalized spacial score (nSPS) is 17.8. The molecule has 9 heteroatoms. The quantitative estimate of drug-likeness (QED) is 0.698. The third kappa shape index (κ3) is 4.67. The van der Waals surface area contributed by atoms with E-state index >= 15 is 0 Å². The zero-order chi connectivity index (χ0) is 21.9. The fourth-order valence-electron chi connectivity index (χ4n) is 3.27. The average molecular weight is 435 g/mol. The summed E-state index contributed by atoms with van der Waals surface area (Å²) in [4.78, 5) is 17.4. The van der Waals surface area contributed by atoms with Gasteiger partial charge in [-0.15, -0.1) is 0 Å². The zero-order valence-corrected chi connectivity index (χ0v) is 17.5. The Morgan fingerprint density at radius 2 is 1.93 bits per heavy atom. The van der Waals surface area contributed by atoms with Gasteiger partial charge in [-0.3, -0.25) is 14.5 Å². The molecular weight excluding hydrogens is 412 g/mol. The van der Waals surface area contributed by atoms with Crippen LogP contribution in [-0.2, 0) is 14.8 Å². The number of amidine groups is 1. The maximum Gasteiger partial charge on any atom is 0.263 e. The standard InChI is InChI=1S/C21H23F2N3O3S/c1-3-4-8-18(21(27)24-13(2)16-12-14(22)10-11-17(16)23)25-20-15-7-5-6-9-19(15)30(28,29)26-20/h5-7,9-13,18H,3-4,8H2,1-2H3,(H,24,27)(H,25,26). The van der Waals surface area contributed by atoms with Crippen molar-refractivity contribution in [1.29, 1.82) is 0 Å². The number of hydrogen-bond acceptors (Lipinski definition) is 4. The molecule has 2 atom stereocenters. The Kier molecular flexibility index (Phi) is 6.50. The molecule has 0 bridgehead atoms. The minimum atomic E-state index is -3.73. The molecule has 0 saturated carbocycles. The van der Waals surface area contributed by atoms with Crippen LogP contribution in [0.4, 0.5) is 8.78 Å². The van der Waals surface area contributed by atoms with Gasteiger partial charge in [-0.2, -0.15) is 0 Å². The number of nitrogens with zero attached hydrogens (tertiary/aromatic N) is 1. The summed E-state index contributed by atoms with van der Waals surface area (Å²) in [7, 11) is -3.73. The average Bonchev–Trinajstić information content (AvgIpc) is 2.97. The van der Waals surface area contributed by atoms with E-state index in [2.05, 4.69) is 15.0 Å². The van der Waals surface area contributed by atoms with Gasteiger partial charge in [0.1, 0.15) is 23.5 Å². The van der Waals surface area contributed by atoms with Crippen molar-refractivity contribution in [2.75, 3.05) is 0 Å². The highest BCUT2D eigenvalue weighted by Gasteiger charge is 2.32. The summed E-state index contributed by atoms with van der Waals surface area (Å²) in [6.07, 6.45) is 1.88. The Balaban J connectivity index is 1.87. The molecule has 0 saturated heterocycles. The predicted octanol–water partition coefficient (Wildman–Crippen LogP) is 3.44. The lowest BCUT2D eigenvalue weighted by atomic mass is 10.1.